The minimum absolute atomic E-state index is 0.0545. The van der Waals surface area contributed by atoms with Crippen LogP contribution < -0.4 is 0 Å². The van der Waals surface area contributed by atoms with Gasteiger partial charge in [-0.3, -0.25) is 14.3 Å². The second-order valence-electron chi connectivity index (χ2n) is 5.91. The van der Waals surface area contributed by atoms with Crippen LogP contribution in [-0.2, 0) is 0 Å². The Kier molecular flexibility index (Phi) is 5.50. The first kappa shape index (κ1) is 18.4. The number of hydrogen-bond acceptors (Lipinski definition) is 5. The molecule has 5 nitrogen and oxygen atoms in total. The van der Waals surface area contributed by atoms with Crippen LogP contribution in [0.25, 0.3) is 17.1 Å². The van der Waals surface area contributed by atoms with E-state index < -0.39 is 0 Å². The minimum atomic E-state index is -0.0545. The van der Waals surface area contributed by atoms with Gasteiger partial charge in [0.2, 0.25) is 0 Å². The standard InChI is InChI=1S/C21H15ClN4OS/c22-18-11-5-4-10-17(18)19(27)14-28-21-25-24-20(15-7-6-12-23-13-15)26(21)16-8-2-1-3-9-16/h1-13H,14H2. The molecule has 2 heterocycles. The number of benzene rings is 2. The van der Waals surface area contributed by atoms with Gasteiger partial charge in [0.05, 0.1) is 10.8 Å². The summed E-state index contributed by atoms with van der Waals surface area (Å²) in [5.74, 6) is 0.829. The maximum Gasteiger partial charge on any atom is 0.196 e. The van der Waals surface area contributed by atoms with E-state index in [0.717, 1.165) is 11.3 Å². The van der Waals surface area contributed by atoms with Gasteiger partial charge >= 0.3 is 0 Å². The Hall–Kier alpha value is -2.96. The van der Waals surface area contributed by atoms with E-state index in [2.05, 4.69) is 15.2 Å². The lowest BCUT2D eigenvalue weighted by Crippen LogP contribution is -2.05. The number of carbonyl (C=O) groups excluding carboxylic acids is 1. The van der Waals surface area contributed by atoms with Gasteiger partial charge < -0.3 is 0 Å². The summed E-state index contributed by atoms with van der Waals surface area (Å²) in [4.78, 5) is 16.8. The van der Waals surface area contributed by atoms with Crippen LogP contribution in [0.4, 0.5) is 0 Å². The Morgan fingerprint density at radius 2 is 1.75 bits per heavy atom. The number of rotatable bonds is 6. The molecule has 4 aromatic rings. The molecule has 0 aliphatic rings. The number of aromatic nitrogens is 4. The van der Waals surface area contributed by atoms with Gasteiger partial charge in [-0.2, -0.15) is 0 Å². The molecule has 0 fully saturated rings. The fraction of sp³-hybridized carbons (Fsp3) is 0.0476. The third-order valence-electron chi connectivity index (χ3n) is 4.07. The zero-order valence-electron chi connectivity index (χ0n) is 14.7. The van der Waals surface area contributed by atoms with E-state index in [-0.39, 0.29) is 11.5 Å². The maximum absolute atomic E-state index is 12.6. The van der Waals surface area contributed by atoms with Crippen molar-refractivity contribution in [2.75, 3.05) is 5.75 Å². The summed E-state index contributed by atoms with van der Waals surface area (Å²) in [7, 11) is 0. The van der Waals surface area contributed by atoms with Gasteiger partial charge in [-0.25, -0.2) is 0 Å². The molecule has 0 spiro atoms. The Bertz CT molecular complexity index is 1100. The van der Waals surface area contributed by atoms with Gasteiger partial charge in [-0.1, -0.05) is 53.7 Å². The molecule has 0 saturated carbocycles. The van der Waals surface area contributed by atoms with Gasteiger partial charge in [0, 0.05) is 29.2 Å². The van der Waals surface area contributed by atoms with Crippen molar-refractivity contribution in [2.24, 2.45) is 0 Å². The second-order valence-corrected chi connectivity index (χ2v) is 7.26. The molecule has 0 aliphatic carbocycles. The van der Waals surface area contributed by atoms with Crippen molar-refractivity contribution in [3.05, 3.63) is 89.7 Å². The lowest BCUT2D eigenvalue weighted by Gasteiger charge is -2.10. The largest absolute Gasteiger partial charge is 0.293 e. The highest BCUT2D eigenvalue weighted by molar-refractivity contribution is 7.99. The summed E-state index contributed by atoms with van der Waals surface area (Å²) in [6.07, 6.45) is 3.46. The fourth-order valence-electron chi connectivity index (χ4n) is 2.75. The highest BCUT2D eigenvalue weighted by Gasteiger charge is 2.18. The van der Waals surface area contributed by atoms with Crippen molar-refractivity contribution in [3.8, 4) is 17.1 Å². The average molecular weight is 407 g/mol. The second kappa shape index (κ2) is 8.37. The van der Waals surface area contributed by atoms with Crippen molar-refractivity contribution in [1.29, 1.82) is 0 Å². The van der Waals surface area contributed by atoms with E-state index in [4.69, 9.17) is 11.6 Å². The highest BCUT2D eigenvalue weighted by Crippen LogP contribution is 2.28. The molecule has 7 heteroatoms. The van der Waals surface area contributed by atoms with E-state index in [9.17, 15) is 4.79 Å². The van der Waals surface area contributed by atoms with Crippen LogP contribution in [-0.4, -0.2) is 31.3 Å². The molecule has 0 atom stereocenters. The zero-order valence-corrected chi connectivity index (χ0v) is 16.3. The van der Waals surface area contributed by atoms with Crippen LogP contribution in [0.2, 0.25) is 5.02 Å². The molecule has 0 bridgehead atoms. The molecule has 2 aromatic heterocycles. The lowest BCUT2D eigenvalue weighted by molar-refractivity contribution is 0.102. The number of hydrogen-bond donors (Lipinski definition) is 0. The van der Waals surface area contributed by atoms with Crippen LogP contribution in [0.5, 0.6) is 0 Å². The van der Waals surface area contributed by atoms with Crippen LogP contribution in [0.3, 0.4) is 0 Å². The zero-order chi connectivity index (χ0) is 19.3. The summed E-state index contributed by atoms with van der Waals surface area (Å²) >= 11 is 7.47. The molecular weight excluding hydrogens is 392 g/mol. The molecule has 0 aliphatic heterocycles. The third-order valence-corrected chi connectivity index (χ3v) is 5.33. The molecule has 2 aromatic carbocycles. The average Bonchev–Trinajstić information content (AvgIpc) is 3.17. The topological polar surface area (TPSA) is 60.7 Å². The molecule has 0 saturated heterocycles. The van der Waals surface area contributed by atoms with Gasteiger partial charge in [-0.05, 0) is 36.4 Å². The van der Waals surface area contributed by atoms with Gasteiger partial charge in [-0.15, -0.1) is 10.2 Å². The summed E-state index contributed by atoms with van der Waals surface area (Å²) in [5.41, 5.74) is 2.28. The number of carbonyl (C=O) groups is 1. The van der Waals surface area contributed by atoms with E-state index in [1.165, 1.54) is 11.8 Å². The third kappa shape index (κ3) is 3.83. The van der Waals surface area contributed by atoms with Crippen molar-refractivity contribution in [3.63, 3.8) is 0 Å². The predicted molar refractivity (Wildman–Crippen MR) is 111 cm³/mol. The number of thioether (sulfide) groups is 1. The van der Waals surface area contributed by atoms with Crippen molar-refractivity contribution < 1.29 is 4.79 Å². The predicted octanol–water partition coefficient (Wildman–Crippen LogP) is 4.96. The van der Waals surface area contributed by atoms with E-state index >= 15 is 0 Å². The van der Waals surface area contributed by atoms with Crippen molar-refractivity contribution >= 4 is 29.1 Å². The smallest absolute Gasteiger partial charge is 0.196 e. The molecule has 0 amide bonds. The Morgan fingerprint density at radius 1 is 0.964 bits per heavy atom. The fourth-order valence-corrected chi connectivity index (χ4v) is 3.83. The molecule has 0 unspecified atom stereocenters. The number of nitrogens with zero attached hydrogens (tertiary/aromatic N) is 4. The Balaban J connectivity index is 1.67. The first-order valence-corrected chi connectivity index (χ1v) is 9.92. The minimum Gasteiger partial charge on any atom is -0.293 e. The number of ketones is 1. The SMILES string of the molecule is O=C(CSc1nnc(-c2cccnc2)n1-c1ccccc1)c1ccccc1Cl. The normalized spacial score (nSPS) is 10.8. The summed E-state index contributed by atoms with van der Waals surface area (Å²) in [5, 5.41) is 9.75. The highest BCUT2D eigenvalue weighted by atomic mass is 35.5. The summed E-state index contributed by atoms with van der Waals surface area (Å²) < 4.78 is 1.93. The Labute approximate surface area is 171 Å². The Morgan fingerprint density at radius 3 is 2.50 bits per heavy atom. The van der Waals surface area contributed by atoms with Crippen LogP contribution >= 0.6 is 23.4 Å². The molecular formula is C21H15ClN4OS. The van der Waals surface area contributed by atoms with Gasteiger partial charge in [0.25, 0.3) is 0 Å². The van der Waals surface area contributed by atoms with Crippen LogP contribution in [0.1, 0.15) is 10.4 Å². The lowest BCUT2D eigenvalue weighted by atomic mass is 10.1. The van der Waals surface area contributed by atoms with Crippen LogP contribution in [0.15, 0.2) is 84.3 Å². The first-order chi connectivity index (χ1) is 13.7. The van der Waals surface area contributed by atoms with Crippen molar-refractivity contribution in [2.45, 2.75) is 5.16 Å². The van der Waals surface area contributed by atoms with Gasteiger partial charge in [0.15, 0.2) is 16.8 Å². The number of halogens is 1. The van der Waals surface area contributed by atoms with E-state index in [1.807, 2.05) is 47.0 Å². The monoisotopic (exact) mass is 406 g/mol. The number of para-hydroxylation sites is 1. The van der Waals surface area contributed by atoms with Crippen molar-refractivity contribution in [1.82, 2.24) is 19.7 Å². The molecule has 138 valence electrons. The van der Waals surface area contributed by atoms with E-state index in [1.54, 1.807) is 36.7 Å². The number of pyridine rings is 1. The summed E-state index contributed by atoms with van der Waals surface area (Å²) in [6, 6.07) is 20.6. The van der Waals surface area contributed by atoms with E-state index in [0.29, 0.717) is 21.6 Å². The van der Waals surface area contributed by atoms with Crippen LogP contribution in [0, 0.1) is 0 Å². The first-order valence-electron chi connectivity index (χ1n) is 8.56. The molecule has 28 heavy (non-hydrogen) atoms. The molecule has 4 rings (SSSR count). The van der Waals surface area contributed by atoms with Gasteiger partial charge in [0.1, 0.15) is 0 Å². The summed E-state index contributed by atoms with van der Waals surface area (Å²) in [6.45, 7) is 0. The molecule has 0 N–H and O–H groups in total. The number of Topliss-reactive ketones (excluding diaryl/α,β-unsaturated/α-hetero) is 1. The molecule has 0 radical (unpaired) electrons. The quantitative estimate of drug-likeness (QED) is 0.334. The maximum atomic E-state index is 12.6.